The van der Waals surface area contributed by atoms with Gasteiger partial charge in [-0.1, -0.05) is 35.6 Å². The molecule has 11 heavy (non-hydrogen) atoms. The lowest BCUT2D eigenvalue weighted by Crippen LogP contribution is -2.10. The van der Waals surface area contributed by atoms with Crippen LogP contribution < -0.4 is 0 Å². The van der Waals surface area contributed by atoms with Crippen LogP contribution in [0.2, 0.25) is 5.82 Å². The number of hydrogen-bond acceptors (Lipinski definition) is 1. The van der Waals surface area contributed by atoms with Gasteiger partial charge in [-0.2, -0.15) is 0 Å². The van der Waals surface area contributed by atoms with Crippen LogP contribution >= 0.6 is 22.6 Å². The third-order valence-corrected chi connectivity index (χ3v) is 3.06. The van der Waals surface area contributed by atoms with Crippen LogP contribution in [0.15, 0.2) is 17.8 Å². The molecule has 1 saturated heterocycles. The molecule has 1 heterocycles. The van der Waals surface area contributed by atoms with Gasteiger partial charge in [0, 0.05) is 11.9 Å². The van der Waals surface area contributed by atoms with Crippen molar-refractivity contribution in [2.75, 3.05) is 0 Å². The normalized spacial score (nSPS) is 31.6. The molecule has 1 aliphatic rings. The van der Waals surface area contributed by atoms with Crippen molar-refractivity contribution in [2.24, 2.45) is 4.99 Å². The lowest BCUT2D eigenvalue weighted by atomic mass is 9.65. The Labute approximate surface area is 82.7 Å². The van der Waals surface area contributed by atoms with Crippen molar-refractivity contribution < 1.29 is 0 Å². The van der Waals surface area contributed by atoms with E-state index in [1.54, 1.807) is 6.20 Å². The van der Waals surface area contributed by atoms with E-state index in [0.717, 1.165) is 3.82 Å². The standard InChI is InChI=1S/C8H12BIN/c1-3-11-6(2)7-4-5-8(10)9-7/h3,7-8H,1,4-5H2,2H3/t7-,8-/m0/s1. The highest BCUT2D eigenvalue weighted by molar-refractivity contribution is 14.1. The first kappa shape index (κ1) is 9.29. The van der Waals surface area contributed by atoms with Crippen molar-refractivity contribution in [1.82, 2.24) is 0 Å². The van der Waals surface area contributed by atoms with Crippen LogP contribution in [0.1, 0.15) is 19.8 Å². The molecule has 0 aromatic heterocycles. The molecule has 0 aromatic carbocycles. The Morgan fingerprint density at radius 3 is 2.91 bits per heavy atom. The summed E-state index contributed by atoms with van der Waals surface area (Å²) in [5, 5.41) is 0. The Hall–Kier alpha value is 0.205. The van der Waals surface area contributed by atoms with Crippen molar-refractivity contribution in [3.8, 4) is 0 Å². The number of nitrogens with zero attached hydrogens (tertiary/aromatic N) is 1. The van der Waals surface area contributed by atoms with Crippen LogP contribution in [-0.4, -0.2) is 16.8 Å². The fourth-order valence-electron chi connectivity index (χ4n) is 1.37. The van der Waals surface area contributed by atoms with Gasteiger partial charge >= 0.3 is 0 Å². The summed E-state index contributed by atoms with van der Waals surface area (Å²) in [5.41, 5.74) is 1.21. The predicted octanol–water partition coefficient (Wildman–Crippen LogP) is 2.64. The van der Waals surface area contributed by atoms with Gasteiger partial charge in [0.15, 0.2) is 0 Å². The zero-order valence-corrected chi connectivity index (χ0v) is 8.91. The average Bonchev–Trinajstić information content (AvgIpc) is 2.36. The van der Waals surface area contributed by atoms with Crippen molar-refractivity contribution in [3.63, 3.8) is 0 Å². The molecule has 59 valence electrons. The molecule has 0 N–H and O–H groups in total. The van der Waals surface area contributed by atoms with Gasteiger partial charge in [-0.25, -0.2) is 0 Å². The first-order valence-electron chi connectivity index (χ1n) is 3.88. The van der Waals surface area contributed by atoms with Crippen LogP contribution in [0.25, 0.3) is 0 Å². The second-order valence-corrected chi connectivity index (χ2v) is 4.45. The number of aliphatic imine (C=N–C) groups is 1. The van der Waals surface area contributed by atoms with Gasteiger partial charge in [-0.3, -0.25) is 4.99 Å². The van der Waals surface area contributed by atoms with E-state index in [1.807, 2.05) is 0 Å². The van der Waals surface area contributed by atoms with E-state index in [9.17, 15) is 0 Å². The Morgan fingerprint density at radius 2 is 2.45 bits per heavy atom. The molecule has 1 rings (SSSR count). The summed E-state index contributed by atoms with van der Waals surface area (Å²) >= 11 is 2.47. The van der Waals surface area contributed by atoms with Gasteiger partial charge in [0.1, 0.15) is 7.28 Å². The van der Waals surface area contributed by atoms with E-state index in [1.165, 1.54) is 18.6 Å². The van der Waals surface area contributed by atoms with Crippen LogP contribution in [0.4, 0.5) is 0 Å². The molecule has 1 fully saturated rings. The summed E-state index contributed by atoms with van der Waals surface area (Å²) in [4.78, 5) is 4.19. The largest absolute Gasteiger partial charge is 0.267 e. The molecular formula is C8H12BIN. The molecule has 0 bridgehead atoms. The molecule has 0 amide bonds. The van der Waals surface area contributed by atoms with Crippen molar-refractivity contribution in [2.45, 2.75) is 29.4 Å². The molecule has 1 radical (unpaired) electrons. The highest BCUT2D eigenvalue weighted by Gasteiger charge is 2.25. The maximum atomic E-state index is 4.19. The molecular weight excluding hydrogens is 248 g/mol. The summed E-state index contributed by atoms with van der Waals surface area (Å²) < 4.78 is 0.743. The van der Waals surface area contributed by atoms with E-state index in [0.29, 0.717) is 5.82 Å². The minimum Gasteiger partial charge on any atom is -0.267 e. The summed E-state index contributed by atoms with van der Waals surface area (Å²) in [6.07, 6.45) is 4.19. The second-order valence-electron chi connectivity index (χ2n) is 2.85. The van der Waals surface area contributed by atoms with Crippen LogP contribution in [0, 0.1) is 0 Å². The van der Waals surface area contributed by atoms with Gasteiger partial charge in [0.2, 0.25) is 0 Å². The molecule has 0 aromatic rings. The summed E-state index contributed by atoms with van der Waals surface area (Å²) in [6, 6.07) is 0. The van der Waals surface area contributed by atoms with E-state index in [4.69, 9.17) is 0 Å². The van der Waals surface area contributed by atoms with E-state index in [2.05, 4.69) is 48.4 Å². The monoisotopic (exact) mass is 260 g/mol. The Kier molecular flexibility index (Phi) is 3.62. The number of rotatable bonds is 2. The topological polar surface area (TPSA) is 12.4 Å². The van der Waals surface area contributed by atoms with Crippen molar-refractivity contribution in [3.05, 3.63) is 12.8 Å². The van der Waals surface area contributed by atoms with Gasteiger partial charge < -0.3 is 0 Å². The highest BCUT2D eigenvalue weighted by atomic mass is 127. The third kappa shape index (κ3) is 2.62. The fraction of sp³-hybridized carbons (Fsp3) is 0.625. The quantitative estimate of drug-likeness (QED) is 0.313. The predicted molar refractivity (Wildman–Crippen MR) is 59.9 cm³/mol. The molecule has 2 atom stereocenters. The first-order chi connectivity index (χ1) is 5.24. The van der Waals surface area contributed by atoms with Gasteiger partial charge in [-0.15, -0.1) is 0 Å². The molecule has 0 aliphatic carbocycles. The molecule has 1 nitrogen and oxygen atoms in total. The lowest BCUT2D eigenvalue weighted by Gasteiger charge is -2.05. The van der Waals surface area contributed by atoms with Crippen LogP contribution in [0.5, 0.6) is 0 Å². The van der Waals surface area contributed by atoms with Gasteiger partial charge in [0.05, 0.1) is 0 Å². The molecule has 1 aliphatic heterocycles. The highest BCUT2D eigenvalue weighted by Crippen LogP contribution is 2.29. The summed E-state index contributed by atoms with van der Waals surface area (Å²) in [6.45, 7) is 5.67. The Bertz CT molecular complexity index is 179. The number of halogens is 1. The van der Waals surface area contributed by atoms with Crippen molar-refractivity contribution >= 4 is 35.6 Å². The lowest BCUT2D eigenvalue weighted by molar-refractivity contribution is 0.881. The maximum absolute atomic E-state index is 4.19. The maximum Gasteiger partial charge on any atom is 0.138 e. The second kappa shape index (κ2) is 4.29. The van der Waals surface area contributed by atoms with Crippen LogP contribution in [-0.2, 0) is 0 Å². The average molecular weight is 260 g/mol. The van der Waals surface area contributed by atoms with E-state index < -0.39 is 0 Å². The number of hydrogen-bond donors (Lipinski definition) is 0. The van der Waals surface area contributed by atoms with Gasteiger partial charge in [-0.05, 0) is 23.0 Å². The molecule has 0 spiro atoms. The summed E-state index contributed by atoms with van der Waals surface area (Å²) in [7, 11) is 2.38. The molecule has 3 heteroatoms. The minimum atomic E-state index is 0.606. The minimum absolute atomic E-state index is 0.606. The first-order valence-corrected chi connectivity index (χ1v) is 5.13. The summed E-state index contributed by atoms with van der Waals surface area (Å²) in [5.74, 6) is 0.606. The Morgan fingerprint density at radius 1 is 1.73 bits per heavy atom. The van der Waals surface area contributed by atoms with Crippen LogP contribution in [0.3, 0.4) is 0 Å². The molecule has 0 unspecified atom stereocenters. The molecule has 0 saturated carbocycles. The SMILES string of the molecule is C=CN=C(C)[C@H]1[B][C@@H](I)CC1. The van der Waals surface area contributed by atoms with E-state index in [-0.39, 0.29) is 0 Å². The zero-order valence-electron chi connectivity index (χ0n) is 6.76. The van der Waals surface area contributed by atoms with E-state index >= 15 is 0 Å². The zero-order chi connectivity index (χ0) is 8.27. The number of alkyl halides is 1. The Balaban J connectivity index is 2.49. The smallest absolute Gasteiger partial charge is 0.138 e. The fourth-order valence-corrected chi connectivity index (χ4v) is 2.23. The third-order valence-electron chi connectivity index (χ3n) is 2.03. The van der Waals surface area contributed by atoms with Gasteiger partial charge in [0.25, 0.3) is 0 Å². The van der Waals surface area contributed by atoms with Crippen molar-refractivity contribution in [1.29, 1.82) is 0 Å².